The van der Waals surface area contributed by atoms with Crippen molar-refractivity contribution >= 4 is 11.9 Å². The number of carbonyl (C=O) groups is 2. The molecule has 1 aliphatic heterocycles. The molecule has 108 valence electrons. The molecule has 3 N–H and O–H groups in total. The van der Waals surface area contributed by atoms with Gasteiger partial charge < -0.3 is 15.7 Å². The summed E-state index contributed by atoms with van der Waals surface area (Å²) in [7, 11) is 0. The predicted octanol–water partition coefficient (Wildman–Crippen LogP) is 0.941. The molecule has 1 aliphatic rings. The average Bonchev–Trinajstić information content (AvgIpc) is 2.87. The Morgan fingerprint density at radius 3 is 2.65 bits per heavy atom. The van der Waals surface area contributed by atoms with Crippen molar-refractivity contribution in [3.63, 3.8) is 0 Å². The number of amides is 1. The zero-order chi connectivity index (χ0) is 14.6. The Bertz CT molecular complexity index is 481. The van der Waals surface area contributed by atoms with Crippen molar-refractivity contribution < 1.29 is 14.7 Å². The van der Waals surface area contributed by atoms with Crippen molar-refractivity contribution in [3.05, 3.63) is 35.9 Å². The van der Waals surface area contributed by atoms with Gasteiger partial charge in [0, 0.05) is 6.42 Å². The third kappa shape index (κ3) is 3.36. The lowest BCUT2D eigenvalue weighted by atomic mass is 9.98. The highest BCUT2D eigenvalue weighted by Crippen LogP contribution is 2.19. The lowest BCUT2D eigenvalue weighted by Crippen LogP contribution is -2.55. The van der Waals surface area contributed by atoms with Crippen LogP contribution in [0.2, 0.25) is 0 Å². The maximum Gasteiger partial charge on any atom is 0.326 e. The van der Waals surface area contributed by atoms with E-state index >= 15 is 0 Å². The molecule has 1 unspecified atom stereocenters. The van der Waals surface area contributed by atoms with E-state index in [0.717, 1.165) is 24.9 Å². The minimum atomic E-state index is -1.01. The van der Waals surface area contributed by atoms with Gasteiger partial charge in [0.2, 0.25) is 5.91 Å². The zero-order valence-electron chi connectivity index (χ0n) is 11.6. The molecular weight excluding hydrogens is 256 g/mol. The van der Waals surface area contributed by atoms with Crippen LogP contribution in [0.15, 0.2) is 30.3 Å². The van der Waals surface area contributed by atoms with Gasteiger partial charge in [0.25, 0.3) is 0 Å². The molecule has 2 rings (SSSR count). The van der Waals surface area contributed by atoms with Crippen LogP contribution in [0, 0.1) is 0 Å². The molecule has 0 radical (unpaired) electrons. The molecule has 1 amide bonds. The van der Waals surface area contributed by atoms with Gasteiger partial charge in [-0.15, -0.1) is 0 Å². The van der Waals surface area contributed by atoms with E-state index in [1.807, 2.05) is 37.3 Å². The second-order valence-corrected chi connectivity index (χ2v) is 5.42. The van der Waals surface area contributed by atoms with Crippen molar-refractivity contribution in [1.29, 1.82) is 0 Å². The number of carbonyl (C=O) groups excluding carboxylic acids is 1. The molecule has 1 aromatic rings. The molecule has 0 aliphatic carbocycles. The first kappa shape index (κ1) is 14.5. The molecule has 0 bridgehead atoms. The highest BCUT2D eigenvalue weighted by molar-refractivity contribution is 5.90. The Hall–Kier alpha value is -1.88. The van der Waals surface area contributed by atoms with Gasteiger partial charge in [-0.2, -0.15) is 0 Å². The highest BCUT2D eigenvalue weighted by atomic mass is 16.4. The maximum absolute atomic E-state index is 12.2. The number of rotatable bonds is 5. The van der Waals surface area contributed by atoms with Gasteiger partial charge in [-0.3, -0.25) is 4.79 Å². The number of carboxylic acids is 1. The van der Waals surface area contributed by atoms with Crippen LogP contribution in [-0.2, 0) is 16.0 Å². The first-order valence-corrected chi connectivity index (χ1v) is 6.84. The van der Waals surface area contributed by atoms with E-state index in [1.54, 1.807) is 0 Å². The number of benzene rings is 1. The Morgan fingerprint density at radius 2 is 2.10 bits per heavy atom. The van der Waals surface area contributed by atoms with Gasteiger partial charge in [0.15, 0.2) is 0 Å². The molecule has 2 atom stereocenters. The fourth-order valence-electron chi connectivity index (χ4n) is 2.46. The molecule has 0 aromatic heterocycles. The van der Waals surface area contributed by atoms with Gasteiger partial charge in [-0.1, -0.05) is 30.3 Å². The Kier molecular flexibility index (Phi) is 4.39. The fourth-order valence-corrected chi connectivity index (χ4v) is 2.46. The molecule has 1 fully saturated rings. The summed E-state index contributed by atoms with van der Waals surface area (Å²) >= 11 is 0. The summed E-state index contributed by atoms with van der Waals surface area (Å²) in [6.45, 7) is 2.61. The minimum absolute atomic E-state index is 0.238. The molecule has 5 heteroatoms. The second-order valence-electron chi connectivity index (χ2n) is 5.42. The van der Waals surface area contributed by atoms with Crippen LogP contribution in [-0.4, -0.2) is 35.1 Å². The van der Waals surface area contributed by atoms with E-state index in [2.05, 4.69) is 10.6 Å². The molecule has 5 nitrogen and oxygen atoms in total. The van der Waals surface area contributed by atoms with Crippen molar-refractivity contribution in [3.8, 4) is 0 Å². The summed E-state index contributed by atoms with van der Waals surface area (Å²) in [4.78, 5) is 23.6. The SMILES string of the molecule is CC1(C(=O)N[C@@H](Cc2ccccc2)C(=O)O)CCCN1. The van der Waals surface area contributed by atoms with Crippen LogP contribution in [0.3, 0.4) is 0 Å². The molecule has 0 saturated carbocycles. The smallest absolute Gasteiger partial charge is 0.326 e. The van der Waals surface area contributed by atoms with Gasteiger partial charge in [-0.25, -0.2) is 4.79 Å². The second kappa shape index (κ2) is 6.05. The van der Waals surface area contributed by atoms with Gasteiger partial charge in [-0.05, 0) is 31.9 Å². The number of carboxylic acid groups (broad SMARTS) is 1. The molecule has 1 heterocycles. The summed E-state index contributed by atoms with van der Waals surface area (Å²) in [5.74, 6) is -1.25. The van der Waals surface area contributed by atoms with Crippen LogP contribution in [0.4, 0.5) is 0 Å². The summed E-state index contributed by atoms with van der Waals surface area (Å²) in [5.41, 5.74) is 0.245. The molecule has 1 saturated heterocycles. The monoisotopic (exact) mass is 276 g/mol. The standard InChI is InChI=1S/C15H20N2O3/c1-15(8-5-9-16-15)14(20)17-12(13(18)19)10-11-6-3-2-4-7-11/h2-4,6-7,12,16H,5,8-10H2,1H3,(H,17,20)(H,18,19)/t12-,15?/m0/s1. The zero-order valence-corrected chi connectivity index (χ0v) is 11.6. The van der Waals surface area contributed by atoms with E-state index in [4.69, 9.17) is 0 Å². The number of nitrogens with one attached hydrogen (secondary N) is 2. The third-order valence-corrected chi connectivity index (χ3v) is 3.76. The van der Waals surface area contributed by atoms with Crippen molar-refractivity contribution in [2.24, 2.45) is 0 Å². The highest BCUT2D eigenvalue weighted by Gasteiger charge is 2.37. The van der Waals surface area contributed by atoms with Crippen LogP contribution in [0.1, 0.15) is 25.3 Å². The third-order valence-electron chi connectivity index (χ3n) is 3.76. The lowest BCUT2D eigenvalue weighted by Gasteiger charge is -2.25. The summed E-state index contributed by atoms with van der Waals surface area (Å²) in [6, 6.07) is 8.41. The van der Waals surface area contributed by atoms with Gasteiger partial charge in [0.05, 0.1) is 5.54 Å². The van der Waals surface area contributed by atoms with E-state index < -0.39 is 17.6 Å². The predicted molar refractivity (Wildman–Crippen MR) is 75.4 cm³/mol. The van der Waals surface area contributed by atoms with Crippen LogP contribution >= 0.6 is 0 Å². The summed E-state index contributed by atoms with van der Waals surface area (Å²) < 4.78 is 0. The quantitative estimate of drug-likeness (QED) is 0.748. The number of hydrogen-bond donors (Lipinski definition) is 3. The topological polar surface area (TPSA) is 78.4 Å². The average molecular weight is 276 g/mol. The summed E-state index contributed by atoms with van der Waals surface area (Å²) in [6.07, 6.45) is 1.95. The molecule has 0 spiro atoms. The van der Waals surface area contributed by atoms with Crippen molar-refractivity contribution in [2.45, 2.75) is 37.8 Å². The molecular formula is C15H20N2O3. The maximum atomic E-state index is 12.2. The van der Waals surface area contributed by atoms with E-state index in [1.165, 1.54) is 0 Å². The van der Waals surface area contributed by atoms with E-state index in [9.17, 15) is 14.7 Å². The normalized spacial score (nSPS) is 23.2. The summed E-state index contributed by atoms with van der Waals surface area (Å²) in [5, 5.41) is 15.1. The van der Waals surface area contributed by atoms with Crippen molar-refractivity contribution in [2.75, 3.05) is 6.54 Å². The fraction of sp³-hybridized carbons (Fsp3) is 0.467. The Balaban J connectivity index is 2.02. The number of hydrogen-bond acceptors (Lipinski definition) is 3. The Morgan fingerprint density at radius 1 is 1.40 bits per heavy atom. The van der Waals surface area contributed by atoms with Crippen molar-refractivity contribution in [1.82, 2.24) is 10.6 Å². The Labute approximate surface area is 118 Å². The first-order valence-electron chi connectivity index (χ1n) is 6.84. The molecule has 20 heavy (non-hydrogen) atoms. The minimum Gasteiger partial charge on any atom is -0.480 e. The largest absolute Gasteiger partial charge is 0.480 e. The first-order chi connectivity index (χ1) is 9.51. The van der Waals surface area contributed by atoms with Gasteiger partial charge >= 0.3 is 5.97 Å². The van der Waals surface area contributed by atoms with E-state index in [-0.39, 0.29) is 12.3 Å². The lowest BCUT2D eigenvalue weighted by molar-refractivity contribution is -0.142. The van der Waals surface area contributed by atoms with Crippen LogP contribution in [0.25, 0.3) is 0 Å². The van der Waals surface area contributed by atoms with Crippen LogP contribution in [0.5, 0.6) is 0 Å². The van der Waals surface area contributed by atoms with Gasteiger partial charge in [0.1, 0.15) is 6.04 Å². The van der Waals surface area contributed by atoms with Crippen LogP contribution < -0.4 is 10.6 Å². The molecule has 1 aromatic carbocycles. The number of aliphatic carboxylic acids is 1. The van der Waals surface area contributed by atoms with E-state index in [0.29, 0.717) is 0 Å².